The number of nitrogens with zero attached hydrogens (tertiary/aromatic N) is 3. The van der Waals surface area contributed by atoms with E-state index in [1.807, 2.05) is 0 Å². The topological polar surface area (TPSA) is 61.2 Å². The first kappa shape index (κ1) is 15.4. The molecule has 6 nitrogen and oxygen atoms in total. The Morgan fingerprint density at radius 1 is 1.33 bits per heavy atom. The zero-order valence-electron chi connectivity index (χ0n) is 12.2. The number of hydrogen-bond donors (Lipinski definition) is 1. The van der Waals surface area contributed by atoms with Crippen molar-refractivity contribution in [3.8, 4) is 5.75 Å². The molecule has 1 heterocycles. The van der Waals surface area contributed by atoms with Crippen LogP contribution in [0.4, 0.5) is 4.39 Å². The zero-order chi connectivity index (χ0) is 15.1. The molecule has 0 spiro atoms. The van der Waals surface area contributed by atoms with Gasteiger partial charge < -0.3 is 14.8 Å². The van der Waals surface area contributed by atoms with Gasteiger partial charge in [-0.15, -0.1) is 5.10 Å². The highest BCUT2D eigenvalue weighted by molar-refractivity contribution is 5.28. The summed E-state index contributed by atoms with van der Waals surface area (Å²) >= 11 is 0. The van der Waals surface area contributed by atoms with E-state index < -0.39 is 0 Å². The van der Waals surface area contributed by atoms with Gasteiger partial charge >= 0.3 is 0 Å². The molecule has 2 rings (SSSR count). The van der Waals surface area contributed by atoms with E-state index in [9.17, 15) is 4.39 Å². The van der Waals surface area contributed by atoms with Gasteiger partial charge in [0.05, 0.1) is 32.2 Å². The minimum Gasteiger partial charge on any atom is -0.497 e. The van der Waals surface area contributed by atoms with Gasteiger partial charge in [-0.2, -0.15) is 0 Å². The zero-order valence-corrected chi connectivity index (χ0v) is 12.2. The Labute approximate surface area is 122 Å². The van der Waals surface area contributed by atoms with Gasteiger partial charge in [-0.25, -0.2) is 9.07 Å². The second-order valence-corrected chi connectivity index (χ2v) is 4.53. The fraction of sp³-hybridized carbons (Fsp3) is 0.429. The quantitative estimate of drug-likeness (QED) is 0.742. The van der Waals surface area contributed by atoms with Gasteiger partial charge in [-0.3, -0.25) is 0 Å². The van der Waals surface area contributed by atoms with E-state index in [2.05, 4.69) is 15.6 Å². The smallest absolute Gasteiger partial charge is 0.131 e. The molecule has 1 aromatic heterocycles. The van der Waals surface area contributed by atoms with Crippen LogP contribution >= 0.6 is 0 Å². The molecule has 0 saturated heterocycles. The second-order valence-electron chi connectivity index (χ2n) is 4.53. The summed E-state index contributed by atoms with van der Waals surface area (Å²) in [5.41, 5.74) is 1.35. The first-order chi connectivity index (χ1) is 10.2. The van der Waals surface area contributed by atoms with Crippen molar-refractivity contribution in [1.82, 2.24) is 20.3 Å². The van der Waals surface area contributed by atoms with E-state index >= 15 is 0 Å². The lowest BCUT2D eigenvalue weighted by molar-refractivity contribution is 0.199. The fourth-order valence-corrected chi connectivity index (χ4v) is 1.85. The third-order valence-electron chi connectivity index (χ3n) is 2.97. The highest BCUT2D eigenvalue weighted by Gasteiger charge is 2.07. The van der Waals surface area contributed by atoms with E-state index in [1.165, 1.54) is 13.2 Å². The molecular weight excluding hydrogens is 275 g/mol. The van der Waals surface area contributed by atoms with Crippen molar-refractivity contribution in [2.75, 3.05) is 27.4 Å². The van der Waals surface area contributed by atoms with E-state index in [-0.39, 0.29) is 5.82 Å². The van der Waals surface area contributed by atoms with Crippen LogP contribution in [0.1, 0.15) is 11.3 Å². The first-order valence-electron chi connectivity index (χ1n) is 6.64. The molecule has 0 fully saturated rings. The van der Waals surface area contributed by atoms with Gasteiger partial charge in [0.25, 0.3) is 0 Å². The number of nitrogens with one attached hydrogen (secondary N) is 1. The third kappa shape index (κ3) is 4.51. The van der Waals surface area contributed by atoms with Gasteiger partial charge in [0.2, 0.25) is 0 Å². The molecule has 2 aromatic rings. The highest BCUT2D eigenvalue weighted by atomic mass is 19.1. The summed E-state index contributed by atoms with van der Waals surface area (Å²) in [6.07, 6.45) is 1.80. The van der Waals surface area contributed by atoms with E-state index in [4.69, 9.17) is 9.47 Å². The summed E-state index contributed by atoms with van der Waals surface area (Å²) in [5.74, 6) is 0.183. The Morgan fingerprint density at radius 2 is 2.19 bits per heavy atom. The summed E-state index contributed by atoms with van der Waals surface area (Å²) in [4.78, 5) is 0. The largest absolute Gasteiger partial charge is 0.497 e. The number of methoxy groups -OCH3 is 2. The Balaban J connectivity index is 1.93. The number of aromatic nitrogens is 3. The molecule has 0 radical (unpaired) electrons. The third-order valence-corrected chi connectivity index (χ3v) is 2.97. The van der Waals surface area contributed by atoms with E-state index in [1.54, 1.807) is 30.1 Å². The number of hydrogen-bond acceptors (Lipinski definition) is 5. The summed E-state index contributed by atoms with van der Waals surface area (Å²) in [6, 6.07) is 4.77. The van der Waals surface area contributed by atoms with Crippen molar-refractivity contribution in [1.29, 1.82) is 0 Å². The minimum absolute atomic E-state index is 0.315. The standard InChI is InChI=1S/C14H19FN4O2/c1-20-6-5-16-8-12-10-19(18-17-12)9-11-3-4-13(21-2)7-14(11)15/h3-4,7,10,16H,5-6,8-9H2,1-2H3. The fourth-order valence-electron chi connectivity index (χ4n) is 1.85. The van der Waals surface area contributed by atoms with Crippen molar-refractivity contribution in [2.24, 2.45) is 0 Å². The van der Waals surface area contributed by atoms with Crippen LogP contribution in [0.2, 0.25) is 0 Å². The van der Waals surface area contributed by atoms with Crippen molar-refractivity contribution in [2.45, 2.75) is 13.1 Å². The van der Waals surface area contributed by atoms with Gasteiger partial charge in [0.15, 0.2) is 0 Å². The Bertz CT molecular complexity index is 574. The van der Waals surface area contributed by atoms with Gasteiger partial charge in [-0.1, -0.05) is 11.3 Å². The molecule has 21 heavy (non-hydrogen) atoms. The van der Waals surface area contributed by atoms with Crippen molar-refractivity contribution < 1.29 is 13.9 Å². The Hall–Kier alpha value is -1.99. The molecule has 7 heteroatoms. The molecule has 1 aromatic carbocycles. The lowest BCUT2D eigenvalue weighted by atomic mass is 10.2. The van der Waals surface area contributed by atoms with Gasteiger partial charge in [0.1, 0.15) is 11.6 Å². The molecule has 0 saturated carbocycles. The molecule has 0 unspecified atom stereocenters. The second kappa shape index (κ2) is 7.70. The summed E-state index contributed by atoms with van der Waals surface area (Å²) in [7, 11) is 3.16. The molecule has 0 aliphatic rings. The summed E-state index contributed by atoms with van der Waals surface area (Å²) in [5, 5.41) is 11.2. The molecule has 0 aliphatic heterocycles. The molecule has 114 valence electrons. The number of benzene rings is 1. The predicted molar refractivity (Wildman–Crippen MR) is 75.7 cm³/mol. The van der Waals surface area contributed by atoms with Crippen LogP contribution in [0.5, 0.6) is 5.75 Å². The maximum atomic E-state index is 13.8. The van der Waals surface area contributed by atoms with Crippen molar-refractivity contribution >= 4 is 0 Å². The van der Waals surface area contributed by atoms with Crippen molar-refractivity contribution in [3.63, 3.8) is 0 Å². The van der Waals surface area contributed by atoms with Crippen LogP contribution < -0.4 is 10.1 Å². The molecule has 0 aliphatic carbocycles. The van der Waals surface area contributed by atoms with E-state index in [0.29, 0.717) is 31.0 Å². The summed E-state index contributed by atoms with van der Waals surface area (Å²) in [6.45, 7) is 2.33. The molecule has 0 amide bonds. The van der Waals surface area contributed by atoms with E-state index in [0.717, 1.165) is 12.2 Å². The van der Waals surface area contributed by atoms with Gasteiger partial charge in [-0.05, 0) is 6.07 Å². The van der Waals surface area contributed by atoms with Crippen LogP contribution in [0.3, 0.4) is 0 Å². The number of ether oxygens (including phenoxy) is 2. The van der Waals surface area contributed by atoms with Crippen LogP contribution in [-0.2, 0) is 17.8 Å². The Morgan fingerprint density at radius 3 is 2.90 bits per heavy atom. The van der Waals surface area contributed by atoms with Crippen LogP contribution in [0.15, 0.2) is 24.4 Å². The molecular formula is C14H19FN4O2. The minimum atomic E-state index is -0.315. The van der Waals surface area contributed by atoms with Crippen LogP contribution in [0.25, 0.3) is 0 Å². The number of rotatable bonds is 8. The average Bonchev–Trinajstić information content (AvgIpc) is 2.93. The molecule has 0 bridgehead atoms. The molecule has 1 N–H and O–H groups in total. The van der Waals surface area contributed by atoms with Crippen LogP contribution in [-0.4, -0.2) is 42.4 Å². The van der Waals surface area contributed by atoms with Gasteiger partial charge in [0, 0.05) is 31.8 Å². The lowest BCUT2D eigenvalue weighted by Crippen LogP contribution is -2.18. The van der Waals surface area contributed by atoms with Crippen LogP contribution in [0, 0.1) is 5.82 Å². The predicted octanol–water partition coefficient (Wildman–Crippen LogP) is 1.21. The lowest BCUT2D eigenvalue weighted by Gasteiger charge is -2.05. The number of halogens is 1. The average molecular weight is 294 g/mol. The first-order valence-corrected chi connectivity index (χ1v) is 6.64. The molecule has 0 atom stereocenters. The normalized spacial score (nSPS) is 10.8. The SMILES string of the molecule is COCCNCc1cn(Cc2ccc(OC)cc2F)nn1. The Kier molecular flexibility index (Phi) is 5.65. The maximum Gasteiger partial charge on any atom is 0.131 e. The summed E-state index contributed by atoms with van der Waals surface area (Å²) < 4.78 is 25.4. The maximum absolute atomic E-state index is 13.8. The monoisotopic (exact) mass is 294 g/mol. The van der Waals surface area contributed by atoms with Crippen molar-refractivity contribution in [3.05, 3.63) is 41.5 Å². The highest BCUT2D eigenvalue weighted by Crippen LogP contribution is 2.16.